The Morgan fingerprint density at radius 2 is 0.656 bits per heavy atom. The number of rotatable bonds is 12. The molecule has 0 saturated heterocycles. The number of benzene rings is 11. The van der Waals surface area contributed by atoms with Crippen LogP contribution in [-0.4, -0.2) is 34.1 Å². The lowest BCUT2D eigenvalue weighted by Crippen LogP contribution is -2.13. The molecule has 0 saturated carbocycles. The molecule has 0 unspecified atom stereocenters. The SMILES string of the molecule is C.CC(C)(C)c1cc(CO)c(O)c(-n2c3ccccc3c3ccccc32)c1.CC(C)Cc1cc(CSc2ccccc2SCc2cc(C(C)(C)C)cc(-n3c4ccccc4c4ccccc43)c2O)c(O)c(-n2c3ccccc3c3ccccc32)c1.Sc1ccccc1S. The Hall–Kier alpha value is -8.42. The summed E-state index contributed by atoms with van der Waals surface area (Å²) in [6, 6.07) is 79.1. The summed E-state index contributed by atoms with van der Waals surface area (Å²) in [5.41, 5.74) is 14.4. The fourth-order valence-corrected chi connectivity index (χ4v) is 14.9. The molecule has 0 aliphatic carbocycles. The number of phenolic OH excluding ortho intramolecular Hbond substituents is 2. The zero-order valence-corrected chi connectivity index (χ0v) is 56.6. The number of thiol groups is 2. The quantitative estimate of drug-likeness (QED) is 0.0539. The average Bonchev–Trinajstić information content (AvgIpc) is 1.63. The minimum absolute atomic E-state index is 0. The van der Waals surface area contributed by atoms with E-state index >= 15 is 0 Å². The van der Waals surface area contributed by atoms with Gasteiger partial charge in [-0.2, -0.15) is 0 Å². The fourth-order valence-electron chi connectivity index (χ4n) is 12.4. The van der Waals surface area contributed by atoms with Gasteiger partial charge >= 0.3 is 0 Å². The van der Waals surface area contributed by atoms with Gasteiger partial charge < -0.3 is 34.1 Å². The summed E-state index contributed by atoms with van der Waals surface area (Å²) < 4.78 is 6.54. The van der Waals surface area contributed by atoms with Crippen molar-refractivity contribution in [1.82, 2.24) is 13.7 Å². The summed E-state index contributed by atoms with van der Waals surface area (Å²) in [4.78, 5) is 4.15. The van der Waals surface area contributed by atoms with E-state index < -0.39 is 0 Å². The third kappa shape index (κ3) is 13.4. The van der Waals surface area contributed by atoms with Gasteiger partial charge in [0.2, 0.25) is 0 Å². The summed E-state index contributed by atoms with van der Waals surface area (Å²) in [6.45, 7) is 17.4. The number of aromatic nitrogens is 3. The number of aromatic hydroxyl groups is 3. The molecule has 0 fully saturated rings. The zero-order chi connectivity index (χ0) is 64.6. The Balaban J connectivity index is 0.000000207. The normalized spacial score (nSPS) is 11.8. The molecule has 472 valence electrons. The van der Waals surface area contributed by atoms with Crippen LogP contribution in [0.3, 0.4) is 0 Å². The van der Waals surface area contributed by atoms with Crippen LogP contribution in [0.25, 0.3) is 82.5 Å². The zero-order valence-electron chi connectivity index (χ0n) is 53.2. The molecule has 14 rings (SSSR count). The molecule has 93 heavy (non-hydrogen) atoms. The van der Waals surface area contributed by atoms with Gasteiger partial charge in [-0.1, -0.05) is 208 Å². The second-order valence-corrected chi connectivity index (χ2v) is 29.0. The molecule has 0 spiro atoms. The van der Waals surface area contributed by atoms with Crippen LogP contribution in [0.1, 0.15) is 96.2 Å². The van der Waals surface area contributed by atoms with E-state index in [2.05, 4.69) is 264 Å². The van der Waals surface area contributed by atoms with Gasteiger partial charge in [-0.05, 0) is 125 Å². The molecule has 14 aromatic rings. The van der Waals surface area contributed by atoms with E-state index in [-0.39, 0.29) is 30.6 Å². The molecule has 3 aromatic heterocycles. The van der Waals surface area contributed by atoms with Crippen molar-refractivity contribution < 1.29 is 20.4 Å². The lowest BCUT2D eigenvalue weighted by Gasteiger charge is -2.23. The number of hydrogen-bond acceptors (Lipinski definition) is 8. The average molecular weight is 1300 g/mol. The second-order valence-electron chi connectivity index (χ2n) is 26.0. The maximum absolute atomic E-state index is 12.2. The van der Waals surface area contributed by atoms with E-state index in [1.807, 2.05) is 60.7 Å². The molecular formula is C82H81N3O4S4. The van der Waals surface area contributed by atoms with Gasteiger partial charge in [0.25, 0.3) is 0 Å². The number of fused-ring (bicyclic) bond motifs is 9. The number of aliphatic hydroxyl groups is 1. The van der Waals surface area contributed by atoms with Crippen LogP contribution in [0.2, 0.25) is 0 Å². The summed E-state index contributed by atoms with van der Waals surface area (Å²) in [5.74, 6) is 2.44. The van der Waals surface area contributed by atoms with Gasteiger partial charge in [0.15, 0.2) is 0 Å². The van der Waals surface area contributed by atoms with Crippen molar-refractivity contribution in [2.75, 3.05) is 0 Å². The van der Waals surface area contributed by atoms with Gasteiger partial charge in [0, 0.05) is 80.1 Å². The van der Waals surface area contributed by atoms with E-state index in [9.17, 15) is 20.4 Å². The third-order valence-corrected chi connectivity index (χ3v) is 20.4. The molecule has 0 amide bonds. The van der Waals surface area contributed by atoms with Crippen molar-refractivity contribution in [1.29, 1.82) is 0 Å². The maximum Gasteiger partial charge on any atom is 0.145 e. The van der Waals surface area contributed by atoms with E-state index in [1.165, 1.54) is 32.7 Å². The molecule has 11 aromatic carbocycles. The minimum Gasteiger partial charge on any atom is -0.505 e. The highest BCUT2D eigenvalue weighted by molar-refractivity contribution is 8.01. The van der Waals surface area contributed by atoms with Crippen LogP contribution in [0, 0.1) is 5.92 Å². The number of aliphatic hydroxyl groups excluding tert-OH is 1. The van der Waals surface area contributed by atoms with Crippen LogP contribution in [-0.2, 0) is 35.4 Å². The van der Waals surface area contributed by atoms with Crippen LogP contribution in [0.15, 0.2) is 250 Å². The van der Waals surface area contributed by atoms with Gasteiger partial charge in [0.05, 0.1) is 56.8 Å². The van der Waals surface area contributed by atoms with E-state index in [4.69, 9.17) is 0 Å². The van der Waals surface area contributed by atoms with Crippen molar-refractivity contribution >= 4 is 114 Å². The van der Waals surface area contributed by atoms with Crippen molar-refractivity contribution in [3.63, 3.8) is 0 Å². The highest BCUT2D eigenvalue weighted by atomic mass is 32.2. The minimum atomic E-state index is -0.195. The number of para-hydroxylation sites is 6. The monoisotopic (exact) mass is 1300 g/mol. The van der Waals surface area contributed by atoms with Gasteiger partial charge in [-0.3, -0.25) is 0 Å². The molecule has 0 aliphatic rings. The summed E-state index contributed by atoms with van der Waals surface area (Å²) in [7, 11) is 0. The summed E-state index contributed by atoms with van der Waals surface area (Å²) >= 11 is 11.7. The molecule has 0 aliphatic heterocycles. The molecule has 7 nitrogen and oxygen atoms in total. The number of phenols is 3. The Labute approximate surface area is 566 Å². The van der Waals surface area contributed by atoms with Crippen LogP contribution >= 0.6 is 48.8 Å². The van der Waals surface area contributed by atoms with Crippen molar-refractivity contribution in [2.24, 2.45) is 5.92 Å². The lowest BCUT2D eigenvalue weighted by atomic mass is 9.85. The largest absolute Gasteiger partial charge is 0.505 e. The molecule has 11 heteroatoms. The van der Waals surface area contributed by atoms with Crippen LogP contribution in [0.5, 0.6) is 17.2 Å². The second kappa shape index (κ2) is 27.6. The molecule has 0 radical (unpaired) electrons. The van der Waals surface area contributed by atoms with E-state index in [0.717, 1.165) is 97.9 Å². The predicted molar refractivity (Wildman–Crippen MR) is 402 cm³/mol. The number of nitrogens with zero attached hydrogens (tertiary/aromatic N) is 3. The smallest absolute Gasteiger partial charge is 0.145 e. The third-order valence-electron chi connectivity index (χ3n) is 17.1. The van der Waals surface area contributed by atoms with Gasteiger partial charge in [-0.15, -0.1) is 48.8 Å². The topological polar surface area (TPSA) is 95.7 Å². The standard InChI is InChI=1S/C52H48N2O2S2.C23H23NO2.C6H6S2.CH4/c1-33(2)26-34-27-35(50(55)46(28-34)53-42-20-10-6-16-38(42)39-17-7-11-21-43(39)53)31-57-48-24-14-15-25-49(48)58-32-36-29-37(52(3,4)5)30-47(51(36)56)54-44-22-12-8-18-40(44)41-19-9-13-23-45(41)54;1-23(2,3)16-12-15(14-25)22(26)21(13-16)24-19-10-6-4-8-17(19)18-9-5-7-11-20(18)24;7-5-3-1-2-4-6(5)8;/h6-25,27-30,33,55-56H,26,31-32H2,1-5H3;4-13,25-26H,14H2,1-3H3;1-4,7-8H;1H4. The molecule has 0 bridgehead atoms. The van der Waals surface area contributed by atoms with Crippen LogP contribution in [0.4, 0.5) is 0 Å². The van der Waals surface area contributed by atoms with E-state index in [1.54, 1.807) is 23.5 Å². The fraction of sp³-hybridized carbons (Fsp3) is 0.195. The molecular weight excluding hydrogens is 1220 g/mol. The van der Waals surface area contributed by atoms with Crippen molar-refractivity contribution in [3.05, 3.63) is 264 Å². The first kappa shape index (κ1) is 66.1. The van der Waals surface area contributed by atoms with E-state index in [0.29, 0.717) is 40.2 Å². The Kier molecular flexibility index (Phi) is 19.6. The predicted octanol–water partition coefficient (Wildman–Crippen LogP) is 22.6. The number of hydrogen-bond donors (Lipinski definition) is 6. The summed E-state index contributed by atoms with van der Waals surface area (Å²) in [5, 5.41) is 51.9. The van der Waals surface area contributed by atoms with Crippen molar-refractivity contribution in [2.45, 2.75) is 118 Å². The van der Waals surface area contributed by atoms with Gasteiger partial charge in [0.1, 0.15) is 17.2 Å². The highest BCUT2D eigenvalue weighted by Crippen LogP contribution is 2.45. The highest BCUT2D eigenvalue weighted by Gasteiger charge is 2.25. The Bertz CT molecular complexity index is 4860. The van der Waals surface area contributed by atoms with Crippen molar-refractivity contribution in [3.8, 4) is 34.3 Å². The Morgan fingerprint density at radius 1 is 0.376 bits per heavy atom. The maximum atomic E-state index is 12.2. The summed E-state index contributed by atoms with van der Waals surface area (Å²) in [6.07, 6.45) is 0.919. The Morgan fingerprint density at radius 3 is 0.968 bits per heavy atom. The van der Waals surface area contributed by atoms with Gasteiger partial charge in [-0.25, -0.2) is 0 Å². The van der Waals surface area contributed by atoms with Crippen LogP contribution < -0.4 is 0 Å². The number of thioether (sulfide) groups is 2. The lowest BCUT2D eigenvalue weighted by molar-refractivity contribution is 0.275. The first-order valence-corrected chi connectivity index (χ1v) is 34.1. The molecule has 0 atom stereocenters. The first-order valence-electron chi connectivity index (χ1n) is 31.2. The molecule has 4 N–H and O–H groups in total. The first-order chi connectivity index (χ1) is 44.3. The molecule has 3 heterocycles.